The Morgan fingerprint density at radius 1 is 0.976 bits per heavy atom. The Labute approximate surface area is 250 Å². The molecule has 0 aliphatic heterocycles. The van der Waals surface area contributed by atoms with E-state index in [-0.39, 0.29) is 35.6 Å². The molecule has 0 unspecified atom stereocenters. The van der Waals surface area contributed by atoms with Gasteiger partial charge in [-0.25, -0.2) is 4.39 Å². The van der Waals surface area contributed by atoms with Crippen molar-refractivity contribution in [2.75, 3.05) is 26.8 Å². The Morgan fingerprint density at radius 3 is 2.31 bits per heavy atom. The van der Waals surface area contributed by atoms with Crippen LogP contribution in [0.5, 0.6) is 0 Å². The lowest BCUT2D eigenvalue weighted by atomic mass is 9.86. The minimum absolute atomic E-state index is 0.00937. The van der Waals surface area contributed by atoms with Gasteiger partial charge < -0.3 is 19.1 Å². The summed E-state index contributed by atoms with van der Waals surface area (Å²) in [4.78, 5) is 31.5. The van der Waals surface area contributed by atoms with E-state index in [0.29, 0.717) is 38.2 Å². The zero-order chi connectivity index (χ0) is 30.1. The summed E-state index contributed by atoms with van der Waals surface area (Å²) < 4.78 is 20.8. The number of amides is 2. The van der Waals surface area contributed by atoms with Crippen molar-refractivity contribution < 1.29 is 18.7 Å². The maximum absolute atomic E-state index is 14.1. The molecular weight excluding hydrogens is 529 g/mol. The molecule has 1 saturated carbocycles. The number of carbonyl (C=O) groups excluding carboxylic acids is 2. The number of halogens is 1. The van der Waals surface area contributed by atoms with Crippen molar-refractivity contribution in [1.82, 2.24) is 14.4 Å². The molecule has 0 spiro atoms. The molecule has 0 bridgehead atoms. The Hall–Kier alpha value is -3.45. The number of methoxy groups -OCH3 is 1. The number of aromatic nitrogens is 1. The van der Waals surface area contributed by atoms with Crippen LogP contribution in [0.15, 0.2) is 66.9 Å². The minimum atomic E-state index is -0.254. The number of hydrogen-bond donors (Lipinski definition) is 0. The van der Waals surface area contributed by atoms with Crippen molar-refractivity contribution in [3.8, 4) is 0 Å². The minimum Gasteiger partial charge on any atom is -0.385 e. The largest absolute Gasteiger partial charge is 0.385 e. The summed E-state index contributed by atoms with van der Waals surface area (Å²) in [6.07, 6.45) is 7.98. The van der Waals surface area contributed by atoms with Crippen LogP contribution in [0.25, 0.3) is 0 Å². The Kier molecular flexibility index (Phi) is 11.0. The van der Waals surface area contributed by atoms with Gasteiger partial charge in [0, 0.05) is 50.3 Å². The fraction of sp³-hybridized carbons (Fsp3) is 0.486. The van der Waals surface area contributed by atoms with Crippen LogP contribution in [-0.4, -0.2) is 59.0 Å². The summed E-state index contributed by atoms with van der Waals surface area (Å²) in [6.45, 7) is 8.50. The van der Waals surface area contributed by atoms with Gasteiger partial charge in [0.1, 0.15) is 12.4 Å². The summed E-state index contributed by atoms with van der Waals surface area (Å²) in [6, 6.07) is 18.5. The summed E-state index contributed by atoms with van der Waals surface area (Å²) in [5, 5.41) is 0. The number of carbonyl (C=O) groups is 2. The van der Waals surface area contributed by atoms with E-state index in [2.05, 4.69) is 25.3 Å². The quantitative estimate of drug-likeness (QED) is 0.223. The fourth-order valence-electron chi connectivity index (χ4n) is 5.72. The van der Waals surface area contributed by atoms with Gasteiger partial charge in [-0.2, -0.15) is 0 Å². The molecule has 1 aliphatic rings. The molecular formula is C35H46FN3O3. The van der Waals surface area contributed by atoms with Gasteiger partial charge in [0.05, 0.1) is 6.54 Å². The van der Waals surface area contributed by atoms with Gasteiger partial charge in [0.25, 0.3) is 5.91 Å². The predicted octanol–water partition coefficient (Wildman–Crippen LogP) is 6.81. The maximum atomic E-state index is 14.1. The fourth-order valence-corrected chi connectivity index (χ4v) is 5.72. The van der Waals surface area contributed by atoms with E-state index < -0.39 is 0 Å². The van der Waals surface area contributed by atoms with Crippen LogP contribution in [0.4, 0.5) is 4.39 Å². The summed E-state index contributed by atoms with van der Waals surface area (Å²) in [5.74, 6) is -0.424. The molecule has 3 aromatic rings. The highest BCUT2D eigenvalue weighted by atomic mass is 19.1. The molecule has 1 aliphatic carbocycles. The third-order valence-electron chi connectivity index (χ3n) is 8.25. The molecule has 0 radical (unpaired) electrons. The van der Waals surface area contributed by atoms with Crippen LogP contribution in [-0.2, 0) is 28.0 Å². The number of ether oxygens (including phenoxy) is 1. The van der Waals surface area contributed by atoms with Crippen LogP contribution in [0, 0.1) is 5.82 Å². The van der Waals surface area contributed by atoms with Gasteiger partial charge in [-0.15, -0.1) is 0 Å². The van der Waals surface area contributed by atoms with Crippen molar-refractivity contribution in [1.29, 1.82) is 0 Å². The normalized spacial score (nSPS) is 14.1. The second-order valence-electron chi connectivity index (χ2n) is 12.5. The zero-order valence-electron chi connectivity index (χ0n) is 25.7. The standard InChI is InChI=1S/C35H46FN3O3/c1-35(2,3)29-17-15-28(16-18-29)34(41)38(22-9-23-42-4)26-33(40)39(31-10-6-5-7-11-31)25-32-12-8-21-37(32)24-27-13-19-30(36)20-14-27/h8,12-21,31H,5-7,9-11,22-26H2,1-4H3. The van der Waals surface area contributed by atoms with Crippen molar-refractivity contribution >= 4 is 11.8 Å². The van der Waals surface area contributed by atoms with Gasteiger partial charge in [0.2, 0.25) is 5.91 Å². The molecule has 226 valence electrons. The molecule has 0 saturated heterocycles. The highest BCUT2D eigenvalue weighted by Crippen LogP contribution is 2.26. The number of benzene rings is 2. The van der Waals surface area contributed by atoms with Gasteiger partial charge in [-0.3, -0.25) is 9.59 Å². The van der Waals surface area contributed by atoms with Crippen molar-refractivity contribution in [2.24, 2.45) is 0 Å². The van der Waals surface area contributed by atoms with E-state index in [1.54, 1.807) is 24.1 Å². The lowest BCUT2D eigenvalue weighted by Crippen LogP contribution is -2.48. The highest BCUT2D eigenvalue weighted by Gasteiger charge is 2.29. The summed E-state index contributed by atoms with van der Waals surface area (Å²) in [5.41, 5.74) is 3.76. The topological polar surface area (TPSA) is 54.8 Å². The van der Waals surface area contributed by atoms with Gasteiger partial charge in [-0.05, 0) is 72.2 Å². The van der Waals surface area contributed by atoms with Gasteiger partial charge in [0.15, 0.2) is 0 Å². The molecule has 4 rings (SSSR count). The van der Waals surface area contributed by atoms with Crippen LogP contribution < -0.4 is 0 Å². The second-order valence-corrected chi connectivity index (χ2v) is 12.5. The lowest BCUT2D eigenvalue weighted by Gasteiger charge is -2.36. The second kappa shape index (κ2) is 14.6. The smallest absolute Gasteiger partial charge is 0.254 e. The van der Waals surface area contributed by atoms with Crippen molar-refractivity contribution in [3.05, 3.63) is 95.1 Å². The number of hydrogen-bond acceptors (Lipinski definition) is 3. The Balaban J connectivity index is 1.54. The lowest BCUT2D eigenvalue weighted by molar-refractivity contribution is -0.135. The Bertz CT molecular complexity index is 1290. The van der Waals surface area contributed by atoms with E-state index >= 15 is 0 Å². The molecule has 1 fully saturated rings. The molecule has 7 heteroatoms. The summed E-state index contributed by atoms with van der Waals surface area (Å²) >= 11 is 0. The van der Waals surface area contributed by atoms with Crippen molar-refractivity contribution in [3.63, 3.8) is 0 Å². The van der Waals surface area contributed by atoms with Crippen LogP contribution in [0.1, 0.15) is 86.5 Å². The van der Waals surface area contributed by atoms with Crippen LogP contribution >= 0.6 is 0 Å². The van der Waals surface area contributed by atoms with E-state index in [0.717, 1.165) is 42.5 Å². The Morgan fingerprint density at radius 2 is 1.67 bits per heavy atom. The van der Waals surface area contributed by atoms with Gasteiger partial charge in [-0.1, -0.05) is 64.3 Å². The molecule has 0 atom stereocenters. The molecule has 0 N–H and O–H groups in total. The third kappa shape index (κ3) is 8.54. The first kappa shape index (κ1) is 31.5. The van der Waals surface area contributed by atoms with Crippen LogP contribution in [0.3, 0.4) is 0 Å². The molecule has 42 heavy (non-hydrogen) atoms. The number of rotatable bonds is 12. The maximum Gasteiger partial charge on any atom is 0.254 e. The van der Waals surface area contributed by atoms with E-state index in [1.165, 1.54) is 18.6 Å². The third-order valence-corrected chi connectivity index (χ3v) is 8.25. The first-order chi connectivity index (χ1) is 20.2. The van der Waals surface area contributed by atoms with Crippen LogP contribution in [0.2, 0.25) is 0 Å². The average molecular weight is 576 g/mol. The van der Waals surface area contributed by atoms with E-state index in [4.69, 9.17) is 4.74 Å². The zero-order valence-corrected chi connectivity index (χ0v) is 25.7. The monoisotopic (exact) mass is 575 g/mol. The first-order valence-corrected chi connectivity index (χ1v) is 15.2. The van der Waals surface area contributed by atoms with E-state index in [1.807, 2.05) is 47.5 Å². The predicted molar refractivity (Wildman–Crippen MR) is 165 cm³/mol. The molecule has 1 aromatic heterocycles. The average Bonchev–Trinajstić information content (AvgIpc) is 3.42. The molecule has 6 nitrogen and oxygen atoms in total. The van der Waals surface area contributed by atoms with Crippen molar-refractivity contribution in [2.45, 2.75) is 83.8 Å². The van der Waals surface area contributed by atoms with E-state index in [9.17, 15) is 14.0 Å². The number of nitrogens with zero attached hydrogens (tertiary/aromatic N) is 3. The highest BCUT2D eigenvalue weighted by molar-refractivity contribution is 5.96. The summed E-state index contributed by atoms with van der Waals surface area (Å²) in [7, 11) is 1.65. The molecule has 2 amide bonds. The van der Waals surface area contributed by atoms with Gasteiger partial charge >= 0.3 is 0 Å². The molecule has 1 heterocycles. The first-order valence-electron chi connectivity index (χ1n) is 15.2. The SMILES string of the molecule is COCCCN(CC(=O)N(Cc1cccn1Cc1ccc(F)cc1)C1CCCCC1)C(=O)c1ccc(C(C)(C)C)cc1. The molecule has 2 aromatic carbocycles.